The van der Waals surface area contributed by atoms with E-state index in [1.165, 1.54) is 163 Å². The second-order valence-corrected chi connectivity index (χ2v) is 14.1. The Morgan fingerprint density at radius 3 is 1.82 bits per heavy atom. The third-order valence-electron chi connectivity index (χ3n) is 11.1. The molecule has 0 atom stereocenters. The number of unbranched alkanes of at least 4 members (excludes halogenated alkanes) is 7. The van der Waals surface area contributed by atoms with E-state index >= 15 is 0 Å². The Hall–Kier alpha value is -3.38. The van der Waals surface area contributed by atoms with Crippen LogP contribution in [0.5, 0.6) is 0 Å². The summed E-state index contributed by atoms with van der Waals surface area (Å²) in [6.45, 7) is 4.61. The molecule has 0 unspecified atom stereocenters. The quantitative estimate of drug-likeness (QED) is 0.0711. The number of fused-ring (bicyclic) bond motifs is 2. The number of aryl methyl sites for hydroxylation is 2. The van der Waals surface area contributed by atoms with Gasteiger partial charge in [0.05, 0.1) is 0 Å². The highest BCUT2D eigenvalue weighted by atomic mass is 14.3. The molecule has 6 aromatic carbocycles. The van der Waals surface area contributed by atoms with Crippen LogP contribution in [-0.2, 0) is 12.8 Å². The van der Waals surface area contributed by atoms with E-state index in [4.69, 9.17) is 0 Å². The van der Waals surface area contributed by atoms with Crippen LogP contribution in [-0.4, -0.2) is 0 Å². The first kappa shape index (κ1) is 30.3. The summed E-state index contributed by atoms with van der Waals surface area (Å²) in [7, 11) is 0. The van der Waals surface area contributed by atoms with Crippen LogP contribution >= 0.6 is 0 Å². The van der Waals surface area contributed by atoms with Gasteiger partial charge in [0.25, 0.3) is 0 Å². The predicted molar refractivity (Wildman–Crippen MR) is 199 cm³/mol. The Kier molecular flexibility index (Phi) is 9.38. The van der Waals surface area contributed by atoms with E-state index in [-0.39, 0.29) is 0 Å². The lowest BCUT2D eigenvalue weighted by molar-refractivity contribution is 0.444. The average molecular weight is 593 g/mol. The Balaban J connectivity index is 1.35. The summed E-state index contributed by atoms with van der Waals surface area (Å²) in [5, 5.41) is 11.4. The average Bonchev–Trinajstić information content (AvgIpc) is 3.09. The largest absolute Gasteiger partial charge is 0.0654 e. The zero-order valence-electron chi connectivity index (χ0n) is 27.9. The Labute approximate surface area is 271 Å². The van der Waals surface area contributed by atoms with Crippen molar-refractivity contribution in [3.05, 3.63) is 95.6 Å². The molecule has 45 heavy (non-hydrogen) atoms. The molecular formula is C45H52. The van der Waals surface area contributed by atoms with Gasteiger partial charge in [0.1, 0.15) is 0 Å². The van der Waals surface area contributed by atoms with Crippen molar-refractivity contribution in [3.8, 4) is 11.1 Å². The third-order valence-corrected chi connectivity index (χ3v) is 11.1. The van der Waals surface area contributed by atoms with Crippen molar-refractivity contribution in [1.29, 1.82) is 0 Å². The maximum atomic E-state index is 2.62. The fraction of sp³-hybridized carbons (Fsp3) is 0.422. The molecule has 7 rings (SSSR count). The van der Waals surface area contributed by atoms with Crippen LogP contribution in [0.2, 0.25) is 0 Å². The van der Waals surface area contributed by atoms with Gasteiger partial charge in [0, 0.05) is 0 Å². The van der Waals surface area contributed by atoms with Crippen molar-refractivity contribution < 1.29 is 0 Å². The minimum absolute atomic E-state index is 0.685. The summed E-state index contributed by atoms with van der Waals surface area (Å²) in [5.74, 6) is 0.685. The lowest BCUT2D eigenvalue weighted by Crippen LogP contribution is -2.07. The number of hydrogen-bond donors (Lipinski definition) is 0. The van der Waals surface area contributed by atoms with Gasteiger partial charge in [-0.3, -0.25) is 0 Å². The van der Waals surface area contributed by atoms with Crippen LogP contribution in [0.1, 0.15) is 126 Å². The zero-order chi connectivity index (χ0) is 30.6. The van der Waals surface area contributed by atoms with E-state index < -0.39 is 0 Å². The van der Waals surface area contributed by atoms with Crippen molar-refractivity contribution in [1.82, 2.24) is 0 Å². The summed E-state index contributed by atoms with van der Waals surface area (Å²) in [6.07, 6.45) is 21.2. The molecule has 0 nitrogen and oxygen atoms in total. The van der Waals surface area contributed by atoms with Crippen LogP contribution in [0.4, 0.5) is 0 Å². The van der Waals surface area contributed by atoms with Crippen molar-refractivity contribution >= 4 is 43.1 Å². The second-order valence-electron chi connectivity index (χ2n) is 14.1. The van der Waals surface area contributed by atoms with Gasteiger partial charge < -0.3 is 0 Å². The van der Waals surface area contributed by atoms with Gasteiger partial charge in [-0.2, -0.15) is 0 Å². The first-order chi connectivity index (χ1) is 22.3. The van der Waals surface area contributed by atoms with Gasteiger partial charge in [0.15, 0.2) is 0 Å². The standard InChI is InChI=1S/C45H52/c1-3-5-7-9-12-20-34-26-28-41-42-30-29-36(38-22-16-24-40(45(38)42)39-23-15-21-35(34)44(39)41)37-27-25-32(17-11-8-6-4-2)31-43(37)33-18-13-10-14-19-33/h15-16,21-31,33H,3-14,17-20H2,1-2H3. The first-order valence-electron chi connectivity index (χ1n) is 18.5. The van der Waals surface area contributed by atoms with E-state index in [0.717, 1.165) is 0 Å². The highest BCUT2D eigenvalue weighted by molar-refractivity contribution is 6.34. The van der Waals surface area contributed by atoms with E-state index in [9.17, 15) is 0 Å². The Morgan fingerprint density at radius 1 is 0.489 bits per heavy atom. The van der Waals surface area contributed by atoms with Crippen LogP contribution in [0.15, 0.2) is 78.9 Å². The van der Waals surface area contributed by atoms with E-state index in [0.29, 0.717) is 5.92 Å². The van der Waals surface area contributed by atoms with Crippen LogP contribution in [0, 0.1) is 0 Å². The molecule has 0 bridgehead atoms. The molecule has 1 saturated carbocycles. The molecule has 1 aliphatic rings. The Bertz CT molecular complexity index is 1860. The minimum Gasteiger partial charge on any atom is -0.0654 e. The monoisotopic (exact) mass is 592 g/mol. The molecular weight excluding hydrogens is 540 g/mol. The van der Waals surface area contributed by atoms with Gasteiger partial charge >= 0.3 is 0 Å². The maximum Gasteiger partial charge on any atom is -0.00201 e. The van der Waals surface area contributed by atoms with Crippen LogP contribution < -0.4 is 0 Å². The summed E-state index contributed by atoms with van der Waals surface area (Å²) >= 11 is 0. The molecule has 0 heteroatoms. The fourth-order valence-corrected chi connectivity index (χ4v) is 8.66. The molecule has 1 fully saturated rings. The summed E-state index contributed by atoms with van der Waals surface area (Å²) < 4.78 is 0. The second kappa shape index (κ2) is 13.9. The molecule has 0 heterocycles. The van der Waals surface area contributed by atoms with Gasteiger partial charge in [0.2, 0.25) is 0 Å². The number of hydrogen-bond acceptors (Lipinski definition) is 0. The number of benzene rings is 6. The summed E-state index contributed by atoms with van der Waals surface area (Å²) in [5.41, 5.74) is 7.58. The first-order valence-corrected chi connectivity index (χ1v) is 18.5. The molecule has 232 valence electrons. The molecule has 6 aromatic rings. The van der Waals surface area contributed by atoms with Gasteiger partial charge in [-0.25, -0.2) is 0 Å². The van der Waals surface area contributed by atoms with E-state index in [2.05, 4.69) is 92.7 Å². The molecule has 1 aliphatic carbocycles. The van der Waals surface area contributed by atoms with Gasteiger partial charge in [-0.15, -0.1) is 0 Å². The highest BCUT2D eigenvalue weighted by Gasteiger charge is 2.22. The maximum absolute atomic E-state index is 2.62. The third kappa shape index (κ3) is 5.98. The number of rotatable bonds is 13. The molecule has 0 saturated heterocycles. The summed E-state index contributed by atoms with van der Waals surface area (Å²) in [6, 6.07) is 31.5. The van der Waals surface area contributed by atoms with Crippen LogP contribution in [0.3, 0.4) is 0 Å². The molecule has 0 N–H and O–H groups in total. The van der Waals surface area contributed by atoms with E-state index in [1.54, 1.807) is 11.1 Å². The SMILES string of the molecule is CCCCCCCc1ccc2c3ccc(-c4ccc(CCCCCC)cc4C4CCCCC4)c4cccc(c5cccc1c52)c43. The molecule has 0 aromatic heterocycles. The van der Waals surface area contributed by atoms with Crippen LogP contribution in [0.25, 0.3) is 54.2 Å². The lowest BCUT2D eigenvalue weighted by Gasteiger charge is -2.26. The zero-order valence-corrected chi connectivity index (χ0v) is 27.9. The summed E-state index contributed by atoms with van der Waals surface area (Å²) in [4.78, 5) is 0. The molecule has 0 radical (unpaired) electrons. The normalized spacial score (nSPS) is 14.4. The Morgan fingerprint density at radius 2 is 1.07 bits per heavy atom. The van der Waals surface area contributed by atoms with Crippen molar-refractivity contribution in [2.45, 2.75) is 122 Å². The lowest BCUT2D eigenvalue weighted by atomic mass is 9.78. The highest BCUT2D eigenvalue weighted by Crippen LogP contribution is 2.46. The topological polar surface area (TPSA) is 0 Å². The smallest absolute Gasteiger partial charge is 0.00201 e. The minimum atomic E-state index is 0.685. The molecule has 0 aliphatic heterocycles. The van der Waals surface area contributed by atoms with Crippen molar-refractivity contribution in [2.75, 3.05) is 0 Å². The molecule has 0 spiro atoms. The van der Waals surface area contributed by atoms with E-state index in [1.807, 2.05) is 0 Å². The van der Waals surface area contributed by atoms with Gasteiger partial charge in [-0.05, 0) is 115 Å². The van der Waals surface area contributed by atoms with Crippen molar-refractivity contribution in [3.63, 3.8) is 0 Å². The molecule has 0 amide bonds. The van der Waals surface area contributed by atoms with Crippen molar-refractivity contribution in [2.24, 2.45) is 0 Å². The van der Waals surface area contributed by atoms with Gasteiger partial charge in [-0.1, -0.05) is 157 Å². The predicted octanol–water partition coefficient (Wildman–Crippen LogP) is 14.1. The fourth-order valence-electron chi connectivity index (χ4n) is 8.66.